The maximum Gasteiger partial charge on any atom is 0.264 e. The van der Waals surface area contributed by atoms with Gasteiger partial charge in [0.2, 0.25) is 11.8 Å². The Hall–Kier alpha value is -3.37. The number of carbonyl (C=O) groups is 2. The van der Waals surface area contributed by atoms with Gasteiger partial charge >= 0.3 is 0 Å². The Labute approximate surface area is 251 Å². The Morgan fingerprint density at radius 1 is 0.976 bits per heavy atom. The monoisotopic (exact) mass is 643 g/mol. The third-order valence-electron chi connectivity index (χ3n) is 6.42. The van der Waals surface area contributed by atoms with Crippen molar-refractivity contribution in [3.05, 3.63) is 88.4 Å². The fraction of sp³-hybridized carbons (Fsp3) is 0.355. The first-order valence-electron chi connectivity index (χ1n) is 13.6. The van der Waals surface area contributed by atoms with Crippen LogP contribution >= 0.6 is 15.9 Å². The van der Waals surface area contributed by atoms with Crippen LogP contribution in [0, 0.1) is 12.8 Å². The van der Waals surface area contributed by atoms with Crippen LogP contribution in [0.5, 0.6) is 5.75 Å². The topological polar surface area (TPSA) is 96.0 Å². The lowest BCUT2D eigenvalue weighted by Gasteiger charge is -2.32. The van der Waals surface area contributed by atoms with Crippen LogP contribution in [0.2, 0.25) is 0 Å². The molecule has 1 atom stereocenters. The number of hydrogen-bond acceptors (Lipinski definition) is 5. The van der Waals surface area contributed by atoms with Crippen molar-refractivity contribution in [2.45, 2.75) is 52.1 Å². The molecule has 0 aliphatic heterocycles. The van der Waals surface area contributed by atoms with E-state index >= 15 is 0 Å². The molecule has 0 aromatic heterocycles. The minimum absolute atomic E-state index is 0.0612. The number of anilines is 1. The van der Waals surface area contributed by atoms with Crippen molar-refractivity contribution in [2.75, 3.05) is 24.0 Å². The molecule has 0 radical (unpaired) electrons. The first kappa shape index (κ1) is 32.1. The van der Waals surface area contributed by atoms with E-state index < -0.39 is 28.5 Å². The number of rotatable bonds is 13. The van der Waals surface area contributed by atoms with Gasteiger partial charge in [0.25, 0.3) is 10.0 Å². The normalized spacial score (nSPS) is 12.1. The Morgan fingerprint density at radius 2 is 1.63 bits per heavy atom. The Morgan fingerprint density at radius 3 is 2.22 bits per heavy atom. The highest BCUT2D eigenvalue weighted by Crippen LogP contribution is 2.27. The number of nitrogens with one attached hydrogen (secondary N) is 1. The summed E-state index contributed by atoms with van der Waals surface area (Å²) in [6.45, 7) is 9.90. The van der Waals surface area contributed by atoms with Gasteiger partial charge in [0.1, 0.15) is 18.3 Å². The van der Waals surface area contributed by atoms with Crippen LogP contribution in [0.15, 0.2) is 82.2 Å². The first-order chi connectivity index (χ1) is 19.4. The highest BCUT2D eigenvalue weighted by Gasteiger charge is 2.32. The molecule has 8 nitrogen and oxygen atoms in total. The van der Waals surface area contributed by atoms with Crippen molar-refractivity contribution in [3.8, 4) is 5.75 Å². The van der Waals surface area contributed by atoms with E-state index in [-0.39, 0.29) is 23.3 Å². The van der Waals surface area contributed by atoms with Gasteiger partial charge in [-0.05, 0) is 80.8 Å². The van der Waals surface area contributed by atoms with Crippen molar-refractivity contribution in [1.82, 2.24) is 10.2 Å². The number of aryl methyl sites for hydroxylation is 1. The van der Waals surface area contributed by atoms with Crippen LogP contribution in [0.25, 0.3) is 0 Å². The minimum atomic E-state index is -4.13. The Kier molecular flexibility index (Phi) is 11.4. The van der Waals surface area contributed by atoms with Gasteiger partial charge in [-0.1, -0.05) is 59.6 Å². The average molecular weight is 645 g/mol. The largest absolute Gasteiger partial charge is 0.494 e. The van der Waals surface area contributed by atoms with Crippen molar-refractivity contribution < 1.29 is 22.7 Å². The van der Waals surface area contributed by atoms with E-state index in [1.54, 1.807) is 43.3 Å². The number of benzene rings is 3. The number of amides is 2. The fourth-order valence-corrected chi connectivity index (χ4v) is 5.97. The van der Waals surface area contributed by atoms with Gasteiger partial charge in [0.15, 0.2) is 0 Å². The summed E-state index contributed by atoms with van der Waals surface area (Å²) in [6.07, 6.45) is 0. The van der Waals surface area contributed by atoms with E-state index in [9.17, 15) is 18.0 Å². The van der Waals surface area contributed by atoms with Crippen LogP contribution in [0.1, 0.15) is 38.8 Å². The van der Waals surface area contributed by atoms with E-state index in [0.717, 1.165) is 19.9 Å². The predicted octanol–water partition coefficient (Wildman–Crippen LogP) is 5.54. The van der Waals surface area contributed by atoms with E-state index in [1.807, 2.05) is 52.0 Å². The summed E-state index contributed by atoms with van der Waals surface area (Å²) in [6, 6.07) is 19.6. The number of halogens is 1. The third kappa shape index (κ3) is 8.81. The van der Waals surface area contributed by atoms with Crippen LogP contribution in [-0.2, 0) is 26.2 Å². The van der Waals surface area contributed by atoms with E-state index in [4.69, 9.17) is 4.74 Å². The molecular weight excluding hydrogens is 606 g/mol. The molecule has 0 aliphatic rings. The van der Waals surface area contributed by atoms with Crippen molar-refractivity contribution in [3.63, 3.8) is 0 Å². The van der Waals surface area contributed by atoms with Gasteiger partial charge in [0, 0.05) is 17.6 Å². The maximum atomic E-state index is 14.0. The van der Waals surface area contributed by atoms with Gasteiger partial charge < -0.3 is 15.0 Å². The molecule has 41 heavy (non-hydrogen) atoms. The molecular formula is C31H38BrN3O5S. The van der Waals surface area contributed by atoms with Crippen LogP contribution in [0.3, 0.4) is 0 Å². The summed E-state index contributed by atoms with van der Waals surface area (Å²) in [4.78, 5) is 28.6. The molecule has 1 N–H and O–H groups in total. The quantitative estimate of drug-likeness (QED) is 0.264. The van der Waals surface area contributed by atoms with Crippen molar-refractivity contribution in [2.24, 2.45) is 5.92 Å². The van der Waals surface area contributed by atoms with E-state index in [2.05, 4.69) is 21.2 Å². The third-order valence-corrected chi connectivity index (χ3v) is 8.70. The summed E-state index contributed by atoms with van der Waals surface area (Å²) in [5.74, 6) is -0.00466. The van der Waals surface area contributed by atoms with E-state index in [0.29, 0.717) is 24.6 Å². The Bertz CT molecular complexity index is 1430. The predicted molar refractivity (Wildman–Crippen MR) is 165 cm³/mol. The molecule has 220 valence electrons. The van der Waals surface area contributed by atoms with Gasteiger partial charge in [0.05, 0.1) is 17.2 Å². The standard InChI is InChI=1S/C31H38BrN3O5S/c1-6-40-28-14-12-27(13-15-28)35(41(38,39)29-16-10-23(4)11-17-29)21-30(36)34(20-25-8-7-9-26(32)18-25)24(5)31(37)33-19-22(2)3/h7-18,22,24H,6,19-21H2,1-5H3,(H,33,37)/t24-/m0/s1. The van der Waals surface area contributed by atoms with Crippen LogP contribution in [-0.4, -0.2) is 50.9 Å². The zero-order valence-electron chi connectivity index (χ0n) is 24.1. The Balaban J connectivity index is 2.02. The second-order valence-electron chi connectivity index (χ2n) is 10.2. The van der Waals surface area contributed by atoms with E-state index in [1.165, 1.54) is 17.0 Å². The number of sulfonamides is 1. The lowest BCUT2D eigenvalue weighted by molar-refractivity contribution is -0.139. The lowest BCUT2D eigenvalue weighted by Crippen LogP contribution is -2.51. The van der Waals surface area contributed by atoms with Gasteiger partial charge in [-0.2, -0.15) is 0 Å². The second-order valence-corrected chi connectivity index (χ2v) is 13.0. The molecule has 0 aliphatic carbocycles. The highest BCUT2D eigenvalue weighted by atomic mass is 79.9. The first-order valence-corrected chi connectivity index (χ1v) is 15.8. The number of ether oxygens (including phenoxy) is 1. The second kappa shape index (κ2) is 14.5. The zero-order chi connectivity index (χ0) is 30.2. The molecule has 2 amide bonds. The van der Waals surface area contributed by atoms with Crippen LogP contribution < -0.4 is 14.4 Å². The van der Waals surface area contributed by atoms with Gasteiger partial charge in [-0.3, -0.25) is 13.9 Å². The van der Waals surface area contributed by atoms with Gasteiger partial charge in [-0.15, -0.1) is 0 Å². The summed E-state index contributed by atoms with van der Waals surface area (Å²) in [5.41, 5.74) is 2.01. The number of hydrogen-bond donors (Lipinski definition) is 1. The van der Waals surface area contributed by atoms with Crippen LogP contribution in [0.4, 0.5) is 5.69 Å². The molecule has 0 fully saturated rings. The van der Waals surface area contributed by atoms with Crippen molar-refractivity contribution in [1.29, 1.82) is 0 Å². The zero-order valence-corrected chi connectivity index (χ0v) is 26.5. The summed E-state index contributed by atoms with van der Waals surface area (Å²) < 4.78 is 35.3. The highest BCUT2D eigenvalue weighted by molar-refractivity contribution is 9.10. The summed E-state index contributed by atoms with van der Waals surface area (Å²) in [7, 11) is -4.13. The fourth-order valence-electron chi connectivity index (χ4n) is 4.11. The minimum Gasteiger partial charge on any atom is -0.494 e. The van der Waals surface area contributed by atoms with Crippen molar-refractivity contribution >= 4 is 43.5 Å². The molecule has 0 bridgehead atoms. The molecule has 3 aromatic carbocycles. The SMILES string of the molecule is CCOc1ccc(N(CC(=O)N(Cc2cccc(Br)c2)[C@@H](C)C(=O)NCC(C)C)S(=O)(=O)c2ccc(C)cc2)cc1. The summed E-state index contributed by atoms with van der Waals surface area (Å²) >= 11 is 3.46. The smallest absolute Gasteiger partial charge is 0.264 e. The molecule has 0 heterocycles. The lowest BCUT2D eigenvalue weighted by atomic mass is 10.1. The molecule has 3 rings (SSSR count). The molecule has 3 aromatic rings. The molecule has 0 spiro atoms. The average Bonchev–Trinajstić information content (AvgIpc) is 2.93. The summed E-state index contributed by atoms with van der Waals surface area (Å²) in [5, 5.41) is 2.89. The number of carbonyl (C=O) groups excluding carboxylic acids is 2. The maximum absolute atomic E-state index is 14.0. The molecule has 0 unspecified atom stereocenters. The number of nitrogens with zero attached hydrogens (tertiary/aromatic N) is 2. The van der Waals surface area contributed by atoms with Gasteiger partial charge in [-0.25, -0.2) is 8.42 Å². The molecule has 0 saturated heterocycles. The molecule has 10 heteroatoms. The molecule has 0 saturated carbocycles.